The average Bonchev–Trinajstić information content (AvgIpc) is 2.75. The molecule has 0 saturated heterocycles. The van der Waals surface area contributed by atoms with Crippen LogP contribution < -0.4 is 16.2 Å². The third kappa shape index (κ3) is 3.24. The molecule has 1 aliphatic rings. The van der Waals surface area contributed by atoms with Gasteiger partial charge < -0.3 is 26.4 Å². The molecular formula is C24H22N2O5. The molecule has 0 atom stereocenters. The van der Waals surface area contributed by atoms with Crippen LogP contribution in [-0.2, 0) is 0 Å². The first-order valence-electron chi connectivity index (χ1n) is 9.94. The van der Waals surface area contributed by atoms with Gasteiger partial charge in [-0.3, -0.25) is 9.59 Å². The van der Waals surface area contributed by atoms with E-state index in [-0.39, 0.29) is 45.1 Å². The number of rotatable bonds is 5. The Balaban J connectivity index is 1.82. The molecule has 6 N–H and O–H groups in total. The number of unbranched alkanes of at least 4 members (excludes halogenated alkanes) is 1. The second-order valence-corrected chi connectivity index (χ2v) is 7.42. The number of nitrogen functional groups attached to an aromatic ring is 2. The van der Waals surface area contributed by atoms with E-state index in [4.69, 9.17) is 16.2 Å². The molecule has 31 heavy (non-hydrogen) atoms. The van der Waals surface area contributed by atoms with Gasteiger partial charge in [0.05, 0.1) is 34.5 Å². The number of fused-ring (bicyclic) bond motifs is 2. The summed E-state index contributed by atoms with van der Waals surface area (Å²) in [5.74, 6) is -1.38. The fraction of sp³-hybridized carbons (Fsp3) is 0.167. The number of ketones is 2. The molecule has 0 bridgehead atoms. The zero-order valence-electron chi connectivity index (χ0n) is 16.9. The van der Waals surface area contributed by atoms with Gasteiger partial charge in [0.25, 0.3) is 0 Å². The van der Waals surface area contributed by atoms with Gasteiger partial charge in [0.1, 0.15) is 17.2 Å². The first-order valence-corrected chi connectivity index (χ1v) is 9.94. The van der Waals surface area contributed by atoms with E-state index < -0.39 is 11.6 Å². The Kier molecular flexibility index (Phi) is 5.02. The van der Waals surface area contributed by atoms with E-state index in [0.29, 0.717) is 23.5 Å². The van der Waals surface area contributed by atoms with Gasteiger partial charge in [0.15, 0.2) is 0 Å². The van der Waals surface area contributed by atoms with Gasteiger partial charge in [-0.05, 0) is 42.3 Å². The molecule has 0 amide bonds. The Morgan fingerprint density at radius 3 is 2.16 bits per heavy atom. The van der Waals surface area contributed by atoms with Crippen molar-refractivity contribution >= 4 is 22.9 Å². The zero-order valence-corrected chi connectivity index (χ0v) is 16.9. The number of benzene rings is 3. The molecular weight excluding hydrogens is 396 g/mol. The first-order chi connectivity index (χ1) is 14.8. The number of hydrogen-bond acceptors (Lipinski definition) is 7. The van der Waals surface area contributed by atoms with Crippen LogP contribution in [0.25, 0.3) is 11.1 Å². The molecule has 0 saturated carbocycles. The van der Waals surface area contributed by atoms with E-state index in [1.165, 1.54) is 18.2 Å². The molecule has 7 nitrogen and oxygen atoms in total. The molecule has 0 fully saturated rings. The maximum atomic E-state index is 13.2. The van der Waals surface area contributed by atoms with Gasteiger partial charge >= 0.3 is 0 Å². The summed E-state index contributed by atoms with van der Waals surface area (Å²) < 4.78 is 5.66. The highest BCUT2D eigenvalue weighted by molar-refractivity contribution is 6.33. The van der Waals surface area contributed by atoms with Crippen molar-refractivity contribution in [2.24, 2.45) is 0 Å². The van der Waals surface area contributed by atoms with Crippen LogP contribution in [0.5, 0.6) is 17.2 Å². The second-order valence-electron chi connectivity index (χ2n) is 7.42. The number of aromatic hydroxyl groups is 2. The molecule has 158 valence electrons. The Hall–Kier alpha value is -4.00. The van der Waals surface area contributed by atoms with Gasteiger partial charge in [-0.2, -0.15) is 0 Å². The van der Waals surface area contributed by atoms with E-state index in [1.54, 1.807) is 24.3 Å². The third-order valence-corrected chi connectivity index (χ3v) is 5.40. The van der Waals surface area contributed by atoms with Crippen molar-refractivity contribution in [3.63, 3.8) is 0 Å². The summed E-state index contributed by atoms with van der Waals surface area (Å²) >= 11 is 0. The molecule has 0 aromatic heterocycles. The van der Waals surface area contributed by atoms with Crippen molar-refractivity contribution in [2.75, 3.05) is 18.1 Å². The van der Waals surface area contributed by atoms with E-state index in [1.807, 2.05) is 0 Å². The summed E-state index contributed by atoms with van der Waals surface area (Å²) in [6, 6.07) is 11.0. The minimum absolute atomic E-state index is 0.0394. The second kappa shape index (κ2) is 7.68. The molecule has 0 spiro atoms. The fourth-order valence-electron chi connectivity index (χ4n) is 3.79. The van der Waals surface area contributed by atoms with Crippen LogP contribution in [0.3, 0.4) is 0 Å². The molecule has 3 aromatic rings. The number of phenols is 2. The number of carbonyl (C=O) groups excluding carboxylic acids is 2. The topological polar surface area (TPSA) is 136 Å². The number of ether oxygens (including phenoxy) is 1. The smallest absolute Gasteiger partial charge is 0.200 e. The van der Waals surface area contributed by atoms with Gasteiger partial charge in [0.2, 0.25) is 11.6 Å². The molecule has 0 radical (unpaired) electrons. The number of nitrogens with two attached hydrogens (primary N) is 2. The SMILES string of the molecule is CCCCOc1ccc(-c2cc(O)c3c(c2N)C(=O)c2c(O)ccc(N)c2C3=O)cc1. The predicted molar refractivity (Wildman–Crippen MR) is 118 cm³/mol. The quantitative estimate of drug-likeness (QED) is 0.219. The van der Waals surface area contributed by atoms with Crippen LogP contribution in [0.2, 0.25) is 0 Å². The van der Waals surface area contributed by atoms with Crippen molar-refractivity contribution in [1.29, 1.82) is 0 Å². The molecule has 1 aliphatic carbocycles. The summed E-state index contributed by atoms with van der Waals surface area (Å²) in [4.78, 5) is 26.2. The van der Waals surface area contributed by atoms with E-state index in [2.05, 4.69) is 6.92 Å². The lowest BCUT2D eigenvalue weighted by atomic mass is 9.80. The molecule has 0 unspecified atom stereocenters. The van der Waals surface area contributed by atoms with Crippen molar-refractivity contribution in [3.05, 3.63) is 64.7 Å². The molecule has 0 heterocycles. The number of phenolic OH excluding ortho intramolecular Hbond substituents is 2. The summed E-state index contributed by atoms with van der Waals surface area (Å²) in [6.07, 6.45) is 1.97. The standard InChI is InChI=1S/C24H22N2O5/c1-2-3-10-31-13-6-4-12(5-7-13)14-11-17(28)20-21(22(14)26)24(30)19-16(27)9-8-15(25)18(19)23(20)29/h4-9,11,27-28H,2-3,10,25-26H2,1H3. The molecule has 4 rings (SSSR count). The summed E-state index contributed by atoms with van der Waals surface area (Å²) in [5.41, 5.74) is 12.6. The van der Waals surface area contributed by atoms with Gasteiger partial charge in [-0.1, -0.05) is 25.5 Å². The highest BCUT2D eigenvalue weighted by Gasteiger charge is 2.38. The van der Waals surface area contributed by atoms with E-state index in [9.17, 15) is 19.8 Å². The summed E-state index contributed by atoms with van der Waals surface area (Å²) in [7, 11) is 0. The van der Waals surface area contributed by atoms with Crippen LogP contribution in [0.4, 0.5) is 11.4 Å². The van der Waals surface area contributed by atoms with Gasteiger partial charge in [-0.25, -0.2) is 0 Å². The predicted octanol–water partition coefficient (Wildman–Crippen LogP) is 3.88. The maximum Gasteiger partial charge on any atom is 0.200 e. The van der Waals surface area contributed by atoms with Gasteiger partial charge in [0, 0.05) is 11.3 Å². The zero-order chi connectivity index (χ0) is 22.3. The number of carbonyl (C=O) groups is 2. The Bertz CT molecular complexity index is 1220. The fourth-order valence-corrected chi connectivity index (χ4v) is 3.79. The van der Waals surface area contributed by atoms with Crippen LogP contribution in [0.15, 0.2) is 42.5 Å². The van der Waals surface area contributed by atoms with Crippen LogP contribution >= 0.6 is 0 Å². The lowest BCUT2D eigenvalue weighted by molar-refractivity contribution is 0.0975. The van der Waals surface area contributed by atoms with Crippen LogP contribution in [-0.4, -0.2) is 28.4 Å². The monoisotopic (exact) mass is 418 g/mol. The summed E-state index contributed by atoms with van der Waals surface area (Å²) in [5, 5.41) is 20.9. The lowest BCUT2D eigenvalue weighted by Crippen LogP contribution is -2.24. The summed E-state index contributed by atoms with van der Waals surface area (Å²) in [6.45, 7) is 2.69. The van der Waals surface area contributed by atoms with Crippen LogP contribution in [0.1, 0.15) is 51.6 Å². The highest BCUT2D eigenvalue weighted by Crippen LogP contribution is 2.44. The first kappa shape index (κ1) is 20.3. The maximum absolute atomic E-state index is 13.2. The Morgan fingerprint density at radius 2 is 1.48 bits per heavy atom. The Morgan fingerprint density at radius 1 is 0.839 bits per heavy atom. The van der Waals surface area contributed by atoms with Gasteiger partial charge in [-0.15, -0.1) is 0 Å². The minimum atomic E-state index is -0.663. The Labute approximate surface area is 178 Å². The number of hydrogen-bond donors (Lipinski definition) is 4. The lowest BCUT2D eigenvalue weighted by Gasteiger charge is -2.23. The van der Waals surface area contributed by atoms with Crippen molar-refractivity contribution in [1.82, 2.24) is 0 Å². The molecule has 0 aliphatic heterocycles. The minimum Gasteiger partial charge on any atom is -0.507 e. The largest absolute Gasteiger partial charge is 0.507 e. The molecule has 3 aromatic carbocycles. The third-order valence-electron chi connectivity index (χ3n) is 5.40. The number of anilines is 2. The van der Waals surface area contributed by atoms with E-state index >= 15 is 0 Å². The van der Waals surface area contributed by atoms with Crippen molar-refractivity contribution < 1.29 is 24.5 Å². The van der Waals surface area contributed by atoms with E-state index in [0.717, 1.165) is 12.8 Å². The van der Waals surface area contributed by atoms with Crippen molar-refractivity contribution in [3.8, 4) is 28.4 Å². The average molecular weight is 418 g/mol. The van der Waals surface area contributed by atoms with Crippen LogP contribution in [0, 0.1) is 0 Å². The molecule has 7 heteroatoms. The highest BCUT2D eigenvalue weighted by atomic mass is 16.5. The van der Waals surface area contributed by atoms with Crippen molar-refractivity contribution in [2.45, 2.75) is 19.8 Å². The normalized spacial score (nSPS) is 12.4.